The van der Waals surface area contributed by atoms with Gasteiger partial charge in [0.15, 0.2) is 0 Å². The van der Waals surface area contributed by atoms with Crippen LogP contribution in [0, 0.1) is 0 Å². The monoisotopic (exact) mass is 467 g/mol. The standard InChI is InChI=1S/C33H29N3/c1-4-15-27(16-5-1)34-28-23-31(35-22-12-14-26-13-10-11-21-33(26)35)25-32(24-28)36(29-17-6-2-7-18-29)30-19-8-3-9-20-30/h1-11,13,15-21,23-25,34H,12,14,22H2. The van der Waals surface area contributed by atoms with Gasteiger partial charge in [-0.1, -0.05) is 72.8 Å². The van der Waals surface area contributed by atoms with E-state index in [2.05, 4.69) is 143 Å². The van der Waals surface area contributed by atoms with Gasteiger partial charge in [-0.25, -0.2) is 0 Å². The molecule has 0 aliphatic carbocycles. The number of fused-ring (bicyclic) bond motifs is 1. The van der Waals surface area contributed by atoms with Crippen LogP contribution in [0.5, 0.6) is 0 Å². The van der Waals surface area contributed by atoms with E-state index in [4.69, 9.17) is 0 Å². The number of aryl methyl sites for hydroxylation is 1. The average Bonchev–Trinajstić information content (AvgIpc) is 2.94. The molecule has 1 N–H and O–H groups in total. The Morgan fingerprint density at radius 1 is 0.556 bits per heavy atom. The third-order valence-corrected chi connectivity index (χ3v) is 6.67. The molecule has 0 atom stereocenters. The molecule has 5 aromatic carbocycles. The van der Waals surface area contributed by atoms with Gasteiger partial charge in [-0.2, -0.15) is 0 Å². The zero-order valence-electron chi connectivity index (χ0n) is 20.2. The molecule has 3 nitrogen and oxygen atoms in total. The number of rotatable bonds is 6. The normalized spacial score (nSPS) is 12.6. The van der Waals surface area contributed by atoms with Crippen LogP contribution >= 0.6 is 0 Å². The Morgan fingerprint density at radius 3 is 1.86 bits per heavy atom. The van der Waals surface area contributed by atoms with E-state index in [1.165, 1.54) is 16.9 Å². The van der Waals surface area contributed by atoms with Crippen molar-refractivity contribution >= 4 is 39.8 Å². The van der Waals surface area contributed by atoms with E-state index in [0.717, 1.165) is 47.8 Å². The Bertz CT molecular complexity index is 1390. The molecule has 36 heavy (non-hydrogen) atoms. The lowest BCUT2D eigenvalue weighted by Gasteiger charge is -2.33. The van der Waals surface area contributed by atoms with Gasteiger partial charge < -0.3 is 15.1 Å². The fourth-order valence-corrected chi connectivity index (χ4v) is 5.04. The quantitative estimate of drug-likeness (QED) is 0.269. The first kappa shape index (κ1) is 22.0. The van der Waals surface area contributed by atoms with Gasteiger partial charge >= 0.3 is 0 Å². The van der Waals surface area contributed by atoms with Gasteiger partial charge in [0, 0.05) is 40.7 Å². The lowest BCUT2D eigenvalue weighted by atomic mass is 10.0. The summed E-state index contributed by atoms with van der Waals surface area (Å²) < 4.78 is 0. The summed E-state index contributed by atoms with van der Waals surface area (Å²) in [6.45, 7) is 1.00. The minimum atomic E-state index is 1.00. The zero-order valence-corrected chi connectivity index (χ0v) is 20.2. The van der Waals surface area contributed by atoms with Crippen LogP contribution in [0.25, 0.3) is 0 Å². The molecule has 0 saturated heterocycles. The number of anilines is 7. The molecule has 6 rings (SSSR count). The zero-order chi connectivity index (χ0) is 24.2. The number of nitrogens with one attached hydrogen (secondary N) is 1. The van der Waals surface area contributed by atoms with Crippen molar-refractivity contribution in [2.45, 2.75) is 12.8 Å². The van der Waals surface area contributed by atoms with Crippen molar-refractivity contribution in [2.75, 3.05) is 21.7 Å². The summed E-state index contributed by atoms with van der Waals surface area (Å²) in [5.74, 6) is 0. The molecule has 0 bridgehead atoms. The lowest BCUT2D eigenvalue weighted by Crippen LogP contribution is -2.24. The maximum absolute atomic E-state index is 3.65. The van der Waals surface area contributed by atoms with Gasteiger partial charge in [0.25, 0.3) is 0 Å². The van der Waals surface area contributed by atoms with E-state index in [0.29, 0.717) is 0 Å². The van der Waals surface area contributed by atoms with Gasteiger partial charge in [-0.3, -0.25) is 0 Å². The van der Waals surface area contributed by atoms with E-state index in [1.807, 2.05) is 6.07 Å². The van der Waals surface area contributed by atoms with Crippen LogP contribution < -0.4 is 15.1 Å². The summed E-state index contributed by atoms with van der Waals surface area (Å²) in [5, 5.41) is 3.65. The van der Waals surface area contributed by atoms with Crippen molar-refractivity contribution in [1.82, 2.24) is 0 Å². The molecule has 0 aromatic heterocycles. The van der Waals surface area contributed by atoms with Gasteiger partial charge in [0.1, 0.15) is 0 Å². The highest BCUT2D eigenvalue weighted by molar-refractivity contribution is 5.84. The average molecular weight is 468 g/mol. The van der Waals surface area contributed by atoms with Crippen molar-refractivity contribution < 1.29 is 0 Å². The van der Waals surface area contributed by atoms with Gasteiger partial charge in [-0.05, 0) is 79.1 Å². The van der Waals surface area contributed by atoms with Gasteiger partial charge in [0.2, 0.25) is 0 Å². The number of benzene rings is 5. The highest BCUT2D eigenvalue weighted by atomic mass is 15.2. The molecule has 1 aliphatic rings. The number of hydrogen-bond donors (Lipinski definition) is 1. The highest BCUT2D eigenvalue weighted by Crippen LogP contribution is 2.41. The Labute approximate surface area is 213 Å². The molecule has 176 valence electrons. The predicted molar refractivity (Wildman–Crippen MR) is 153 cm³/mol. The summed E-state index contributed by atoms with van der Waals surface area (Å²) in [6, 6.07) is 47.2. The summed E-state index contributed by atoms with van der Waals surface area (Å²) in [4.78, 5) is 4.79. The smallest absolute Gasteiger partial charge is 0.0503 e. The Kier molecular flexibility index (Phi) is 6.11. The molecule has 3 heteroatoms. The molecule has 0 unspecified atom stereocenters. The Hall–Kier alpha value is -4.50. The van der Waals surface area contributed by atoms with E-state index in [-0.39, 0.29) is 0 Å². The maximum atomic E-state index is 3.65. The fraction of sp³-hybridized carbons (Fsp3) is 0.0909. The first-order chi connectivity index (χ1) is 17.8. The molecule has 1 aliphatic heterocycles. The molecule has 0 radical (unpaired) electrons. The second-order valence-corrected chi connectivity index (χ2v) is 9.12. The highest BCUT2D eigenvalue weighted by Gasteiger charge is 2.21. The summed E-state index contributed by atoms with van der Waals surface area (Å²) in [5.41, 5.74) is 9.42. The molecular weight excluding hydrogens is 438 g/mol. The van der Waals surface area contributed by atoms with Crippen LogP contribution in [-0.4, -0.2) is 6.54 Å². The van der Waals surface area contributed by atoms with Crippen LogP contribution in [0.4, 0.5) is 39.8 Å². The third kappa shape index (κ3) is 4.56. The number of para-hydroxylation sites is 4. The Balaban J connectivity index is 1.51. The van der Waals surface area contributed by atoms with Crippen molar-refractivity contribution in [3.63, 3.8) is 0 Å². The van der Waals surface area contributed by atoms with Crippen LogP contribution in [0.1, 0.15) is 12.0 Å². The minimum Gasteiger partial charge on any atom is -0.355 e. The van der Waals surface area contributed by atoms with Gasteiger partial charge in [-0.15, -0.1) is 0 Å². The predicted octanol–water partition coefficient (Wildman–Crippen LogP) is 8.98. The first-order valence-electron chi connectivity index (χ1n) is 12.6. The second-order valence-electron chi connectivity index (χ2n) is 9.12. The van der Waals surface area contributed by atoms with Crippen molar-refractivity contribution in [3.8, 4) is 0 Å². The van der Waals surface area contributed by atoms with Crippen molar-refractivity contribution in [1.29, 1.82) is 0 Å². The third-order valence-electron chi connectivity index (χ3n) is 6.67. The van der Waals surface area contributed by atoms with E-state index < -0.39 is 0 Å². The molecule has 0 fully saturated rings. The minimum absolute atomic E-state index is 1.00. The number of nitrogens with zero attached hydrogens (tertiary/aromatic N) is 2. The van der Waals surface area contributed by atoms with E-state index >= 15 is 0 Å². The van der Waals surface area contributed by atoms with E-state index in [1.54, 1.807) is 0 Å². The van der Waals surface area contributed by atoms with Crippen LogP contribution in [-0.2, 0) is 6.42 Å². The SMILES string of the molecule is c1ccc(Nc2cc(N3CCCc4ccccc43)cc(N(c3ccccc3)c3ccccc3)c2)cc1. The van der Waals surface area contributed by atoms with E-state index in [9.17, 15) is 0 Å². The van der Waals surface area contributed by atoms with Crippen LogP contribution in [0.2, 0.25) is 0 Å². The lowest BCUT2D eigenvalue weighted by molar-refractivity contribution is 0.767. The molecule has 5 aromatic rings. The topological polar surface area (TPSA) is 18.5 Å². The molecule has 0 amide bonds. The summed E-state index contributed by atoms with van der Waals surface area (Å²) in [7, 11) is 0. The molecule has 0 spiro atoms. The fourth-order valence-electron chi connectivity index (χ4n) is 5.04. The molecular formula is C33H29N3. The van der Waals surface area contributed by atoms with Gasteiger partial charge in [0.05, 0.1) is 5.69 Å². The second kappa shape index (κ2) is 10.0. The first-order valence-corrected chi connectivity index (χ1v) is 12.6. The van der Waals surface area contributed by atoms with Crippen LogP contribution in [0.15, 0.2) is 133 Å². The van der Waals surface area contributed by atoms with Crippen LogP contribution in [0.3, 0.4) is 0 Å². The number of hydrogen-bond acceptors (Lipinski definition) is 3. The Morgan fingerprint density at radius 2 is 1.17 bits per heavy atom. The molecule has 1 heterocycles. The van der Waals surface area contributed by atoms with Crippen molar-refractivity contribution in [3.05, 3.63) is 139 Å². The maximum Gasteiger partial charge on any atom is 0.0503 e. The largest absolute Gasteiger partial charge is 0.355 e. The molecule has 0 saturated carbocycles. The summed E-state index contributed by atoms with van der Waals surface area (Å²) in [6.07, 6.45) is 2.27. The van der Waals surface area contributed by atoms with Crippen molar-refractivity contribution in [2.24, 2.45) is 0 Å². The summed E-state index contributed by atoms with van der Waals surface area (Å²) >= 11 is 0.